The molecule has 0 saturated carbocycles. The molecule has 1 atom stereocenters. The van der Waals surface area contributed by atoms with Gasteiger partial charge in [0, 0.05) is 18.9 Å². The van der Waals surface area contributed by atoms with Crippen LogP contribution in [0.3, 0.4) is 0 Å². The van der Waals surface area contributed by atoms with Gasteiger partial charge >= 0.3 is 0 Å². The first-order chi connectivity index (χ1) is 9.53. The summed E-state index contributed by atoms with van der Waals surface area (Å²) in [5.74, 6) is -0.199. The highest BCUT2D eigenvalue weighted by atomic mass is 16.6. The van der Waals surface area contributed by atoms with Crippen LogP contribution in [0.5, 0.6) is 0 Å². The van der Waals surface area contributed by atoms with Crippen molar-refractivity contribution >= 4 is 22.4 Å². The highest BCUT2D eigenvalue weighted by molar-refractivity contribution is 6.14. The van der Waals surface area contributed by atoms with Gasteiger partial charge in [-0.15, -0.1) is 0 Å². The van der Waals surface area contributed by atoms with E-state index < -0.39 is 10.5 Å². The van der Waals surface area contributed by atoms with Crippen molar-refractivity contribution in [3.05, 3.63) is 40.1 Å². The van der Waals surface area contributed by atoms with E-state index in [2.05, 4.69) is 4.98 Å². The zero-order valence-corrected chi connectivity index (χ0v) is 11.0. The van der Waals surface area contributed by atoms with Gasteiger partial charge in [-0.2, -0.15) is 0 Å². The lowest BCUT2D eigenvalue weighted by atomic mass is 9.91. The van der Waals surface area contributed by atoms with E-state index >= 15 is 0 Å². The van der Waals surface area contributed by atoms with Crippen LogP contribution in [0.4, 0.5) is 5.69 Å². The number of Topliss-reactive ketones (excluding diaryl/α,β-unsaturated/α-hetero) is 1. The number of benzene rings is 1. The maximum atomic E-state index is 12.7. The largest absolute Gasteiger partial charge is 0.367 e. The summed E-state index contributed by atoms with van der Waals surface area (Å²) in [5, 5.41) is 11.5. The number of ketones is 1. The molecular formula is C14H14N2O4. The van der Waals surface area contributed by atoms with Gasteiger partial charge in [0.25, 0.3) is 5.69 Å². The number of nitro benzene ring substituents is 1. The molecule has 6 nitrogen and oxygen atoms in total. The number of fused-ring (bicyclic) bond motifs is 1. The summed E-state index contributed by atoms with van der Waals surface area (Å²) in [4.78, 5) is 26.2. The van der Waals surface area contributed by atoms with Crippen molar-refractivity contribution < 1.29 is 14.5 Å². The lowest BCUT2D eigenvalue weighted by Crippen LogP contribution is -2.34. The van der Waals surface area contributed by atoms with Gasteiger partial charge in [0.15, 0.2) is 5.78 Å². The molecule has 3 rings (SSSR count). The molecule has 1 saturated heterocycles. The van der Waals surface area contributed by atoms with E-state index in [1.54, 1.807) is 19.1 Å². The van der Waals surface area contributed by atoms with Crippen molar-refractivity contribution in [1.29, 1.82) is 0 Å². The Labute approximate surface area is 114 Å². The van der Waals surface area contributed by atoms with E-state index in [1.165, 1.54) is 12.3 Å². The van der Waals surface area contributed by atoms with Crippen molar-refractivity contribution in [3.8, 4) is 0 Å². The van der Waals surface area contributed by atoms with Gasteiger partial charge < -0.3 is 9.72 Å². The first-order valence-electron chi connectivity index (χ1n) is 6.46. The minimum absolute atomic E-state index is 0.0614. The molecule has 1 aromatic heterocycles. The summed E-state index contributed by atoms with van der Waals surface area (Å²) in [6.45, 7) is 2.29. The maximum absolute atomic E-state index is 12.7. The average molecular weight is 274 g/mol. The SMILES string of the molecule is CC1(C(=O)c2c[nH]c3cccc([N+](=O)[O-])c23)CCCO1. The molecule has 1 aromatic carbocycles. The van der Waals surface area contributed by atoms with Crippen LogP contribution in [0.25, 0.3) is 10.9 Å². The number of nitrogens with zero attached hydrogens (tertiary/aromatic N) is 1. The van der Waals surface area contributed by atoms with Crippen LogP contribution >= 0.6 is 0 Å². The zero-order chi connectivity index (χ0) is 14.3. The van der Waals surface area contributed by atoms with E-state index in [4.69, 9.17) is 4.74 Å². The summed E-state index contributed by atoms with van der Waals surface area (Å²) < 4.78 is 5.54. The fraction of sp³-hybridized carbons (Fsp3) is 0.357. The molecule has 1 aliphatic heterocycles. The number of hydrogen-bond donors (Lipinski definition) is 1. The predicted molar refractivity (Wildman–Crippen MR) is 72.9 cm³/mol. The topological polar surface area (TPSA) is 85.2 Å². The Bertz CT molecular complexity index is 698. The number of aromatic nitrogens is 1. The highest BCUT2D eigenvalue weighted by Gasteiger charge is 2.40. The lowest BCUT2D eigenvalue weighted by Gasteiger charge is -2.20. The molecule has 2 aromatic rings. The molecule has 20 heavy (non-hydrogen) atoms. The van der Waals surface area contributed by atoms with Gasteiger partial charge in [0.1, 0.15) is 5.60 Å². The van der Waals surface area contributed by atoms with E-state index in [1.807, 2.05) is 0 Å². The van der Waals surface area contributed by atoms with Crippen LogP contribution in [0.2, 0.25) is 0 Å². The second kappa shape index (κ2) is 4.42. The Kier molecular flexibility index (Phi) is 2.83. The second-order valence-electron chi connectivity index (χ2n) is 5.17. The molecule has 1 fully saturated rings. The van der Waals surface area contributed by atoms with E-state index in [0.717, 1.165) is 6.42 Å². The highest BCUT2D eigenvalue weighted by Crippen LogP contribution is 2.34. The number of carbonyl (C=O) groups excluding carboxylic acids is 1. The van der Waals surface area contributed by atoms with Gasteiger partial charge in [-0.25, -0.2) is 0 Å². The summed E-state index contributed by atoms with van der Waals surface area (Å²) in [5.41, 5.74) is -0.0201. The van der Waals surface area contributed by atoms with E-state index in [-0.39, 0.29) is 11.5 Å². The van der Waals surface area contributed by atoms with Crippen LogP contribution in [-0.4, -0.2) is 27.9 Å². The van der Waals surface area contributed by atoms with Crippen LogP contribution in [0.1, 0.15) is 30.1 Å². The third-order valence-corrected chi connectivity index (χ3v) is 3.82. The van der Waals surface area contributed by atoms with Crippen molar-refractivity contribution in [2.24, 2.45) is 0 Å². The fourth-order valence-electron chi connectivity index (χ4n) is 2.74. The molecule has 0 radical (unpaired) electrons. The van der Waals surface area contributed by atoms with Gasteiger partial charge in [0.2, 0.25) is 0 Å². The second-order valence-corrected chi connectivity index (χ2v) is 5.17. The summed E-state index contributed by atoms with van der Waals surface area (Å²) in [7, 11) is 0. The number of non-ortho nitro benzene ring substituents is 1. The molecule has 6 heteroatoms. The smallest absolute Gasteiger partial charge is 0.279 e. The number of rotatable bonds is 3. The lowest BCUT2D eigenvalue weighted by molar-refractivity contribution is -0.383. The summed E-state index contributed by atoms with van der Waals surface area (Å²) >= 11 is 0. The molecule has 1 aliphatic rings. The molecule has 0 spiro atoms. The first-order valence-corrected chi connectivity index (χ1v) is 6.46. The first kappa shape index (κ1) is 12.8. The normalized spacial score (nSPS) is 22.2. The quantitative estimate of drug-likeness (QED) is 0.529. The van der Waals surface area contributed by atoms with Crippen LogP contribution in [0, 0.1) is 10.1 Å². The number of hydrogen-bond acceptors (Lipinski definition) is 4. The van der Waals surface area contributed by atoms with Crippen LogP contribution in [-0.2, 0) is 4.74 Å². The van der Waals surface area contributed by atoms with Crippen molar-refractivity contribution in [2.75, 3.05) is 6.61 Å². The Morgan fingerprint density at radius 3 is 2.95 bits per heavy atom. The van der Waals surface area contributed by atoms with Crippen LogP contribution < -0.4 is 0 Å². The Morgan fingerprint density at radius 2 is 2.30 bits per heavy atom. The summed E-state index contributed by atoms with van der Waals surface area (Å²) in [6.07, 6.45) is 3.00. The number of aromatic amines is 1. The summed E-state index contributed by atoms with van der Waals surface area (Å²) in [6, 6.07) is 4.72. The monoisotopic (exact) mass is 274 g/mol. The molecule has 1 N–H and O–H groups in total. The molecule has 2 heterocycles. The molecular weight excluding hydrogens is 260 g/mol. The Balaban J connectivity index is 2.17. The third-order valence-electron chi connectivity index (χ3n) is 3.82. The third kappa shape index (κ3) is 1.80. The molecule has 104 valence electrons. The molecule has 0 bridgehead atoms. The number of nitrogens with one attached hydrogen (secondary N) is 1. The number of H-pyrrole nitrogens is 1. The number of nitro groups is 1. The van der Waals surface area contributed by atoms with Crippen molar-refractivity contribution in [3.63, 3.8) is 0 Å². The predicted octanol–water partition coefficient (Wildman–Crippen LogP) is 2.83. The molecule has 1 unspecified atom stereocenters. The van der Waals surface area contributed by atoms with Crippen molar-refractivity contribution in [1.82, 2.24) is 4.98 Å². The molecule has 0 amide bonds. The van der Waals surface area contributed by atoms with E-state index in [9.17, 15) is 14.9 Å². The van der Waals surface area contributed by atoms with Gasteiger partial charge in [-0.05, 0) is 25.8 Å². The Morgan fingerprint density at radius 1 is 1.50 bits per heavy atom. The average Bonchev–Trinajstić information content (AvgIpc) is 3.04. The molecule has 0 aliphatic carbocycles. The Hall–Kier alpha value is -2.21. The number of ether oxygens (including phenoxy) is 1. The number of carbonyl (C=O) groups is 1. The zero-order valence-electron chi connectivity index (χ0n) is 11.0. The fourth-order valence-corrected chi connectivity index (χ4v) is 2.74. The maximum Gasteiger partial charge on any atom is 0.279 e. The minimum atomic E-state index is -0.876. The van der Waals surface area contributed by atoms with Crippen molar-refractivity contribution in [2.45, 2.75) is 25.4 Å². The standard InChI is InChI=1S/C14H14N2O4/c1-14(6-3-7-20-14)13(17)9-8-15-10-4-2-5-11(12(9)10)16(18)19/h2,4-5,8,15H,3,6-7H2,1H3. The van der Waals surface area contributed by atoms with Gasteiger partial charge in [-0.3, -0.25) is 14.9 Å². The van der Waals surface area contributed by atoms with E-state index in [0.29, 0.717) is 29.5 Å². The van der Waals surface area contributed by atoms with Crippen LogP contribution in [0.15, 0.2) is 24.4 Å². The van der Waals surface area contributed by atoms with Gasteiger partial charge in [0.05, 0.1) is 21.4 Å². The minimum Gasteiger partial charge on any atom is -0.367 e. The van der Waals surface area contributed by atoms with Gasteiger partial charge in [-0.1, -0.05) is 6.07 Å².